The van der Waals surface area contributed by atoms with Gasteiger partial charge in [-0.1, -0.05) is 0 Å². The quantitative estimate of drug-likeness (QED) is 0.836. The van der Waals surface area contributed by atoms with Crippen LogP contribution in [0, 0.1) is 11.6 Å². The van der Waals surface area contributed by atoms with Gasteiger partial charge in [0.15, 0.2) is 5.75 Å². The van der Waals surface area contributed by atoms with Crippen LogP contribution in [0.3, 0.4) is 0 Å². The topological polar surface area (TPSA) is 72.6 Å². The van der Waals surface area contributed by atoms with E-state index in [0.29, 0.717) is 6.07 Å². The van der Waals surface area contributed by atoms with Crippen molar-refractivity contribution in [3.8, 4) is 11.5 Å². The summed E-state index contributed by atoms with van der Waals surface area (Å²) in [6.07, 6.45) is 0. The second-order valence-electron chi connectivity index (χ2n) is 3.76. The van der Waals surface area contributed by atoms with Gasteiger partial charge in [-0.3, -0.25) is 0 Å². The zero-order valence-electron chi connectivity index (χ0n) is 9.56. The summed E-state index contributed by atoms with van der Waals surface area (Å²) >= 11 is 0. The molecule has 19 heavy (non-hydrogen) atoms. The van der Waals surface area contributed by atoms with E-state index in [1.54, 1.807) is 0 Å². The van der Waals surface area contributed by atoms with Gasteiger partial charge in [0.1, 0.15) is 17.4 Å². The number of anilines is 1. The van der Waals surface area contributed by atoms with Crippen LogP contribution in [-0.2, 0) is 0 Å². The Morgan fingerprint density at radius 3 is 2.32 bits per heavy atom. The molecule has 98 valence electrons. The van der Waals surface area contributed by atoms with Gasteiger partial charge in [-0.15, -0.1) is 0 Å². The average Bonchev–Trinajstić information content (AvgIpc) is 2.30. The summed E-state index contributed by atoms with van der Waals surface area (Å²) in [5.74, 6) is -2.85. The van der Waals surface area contributed by atoms with Crippen LogP contribution in [0.5, 0.6) is 11.5 Å². The molecule has 0 heterocycles. The van der Waals surface area contributed by atoms with E-state index in [2.05, 4.69) is 0 Å². The maximum Gasteiger partial charge on any atom is 0.335 e. The third kappa shape index (κ3) is 2.98. The van der Waals surface area contributed by atoms with E-state index in [0.717, 1.165) is 12.1 Å². The van der Waals surface area contributed by atoms with E-state index in [4.69, 9.17) is 15.6 Å². The summed E-state index contributed by atoms with van der Waals surface area (Å²) in [5.41, 5.74) is 5.73. The standard InChI is InChI=1S/C13H9F2NO3/c14-8-4-9(15)6-10(5-8)19-12-3-7(13(17)18)1-2-11(12)16/h1-6H,16H2,(H,17,18). The van der Waals surface area contributed by atoms with Crippen molar-refractivity contribution in [2.24, 2.45) is 0 Å². The van der Waals surface area contributed by atoms with Gasteiger partial charge >= 0.3 is 5.97 Å². The molecule has 0 spiro atoms. The van der Waals surface area contributed by atoms with Crippen LogP contribution >= 0.6 is 0 Å². The lowest BCUT2D eigenvalue weighted by Gasteiger charge is -2.09. The number of rotatable bonds is 3. The highest BCUT2D eigenvalue weighted by Gasteiger charge is 2.10. The zero-order valence-corrected chi connectivity index (χ0v) is 9.56. The largest absolute Gasteiger partial charge is 0.478 e. The van der Waals surface area contributed by atoms with Crippen LogP contribution < -0.4 is 10.5 Å². The summed E-state index contributed by atoms with van der Waals surface area (Å²) in [7, 11) is 0. The average molecular weight is 265 g/mol. The fourth-order valence-corrected chi connectivity index (χ4v) is 1.47. The first-order valence-corrected chi connectivity index (χ1v) is 5.22. The summed E-state index contributed by atoms with van der Waals surface area (Å²) in [6, 6.07) is 6.46. The highest BCUT2D eigenvalue weighted by Crippen LogP contribution is 2.29. The smallest absolute Gasteiger partial charge is 0.335 e. The minimum Gasteiger partial charge on any atom is -0.478 e. The van der Waals surface area contributed by atoms with Gasteiger partial charge in [-0.25, -0.2) is 13.6 Å². The molecule has 2 rings (SSSR count). The molecule has 0 aliphatic carbocycles. The molecule has 0 atom stereocenters. The van der Waals surface area contributed by atoms with Crippen LogP contribution in [0.25, 0.3) is 0 Å². The van der Waals surface area contributed by atoms with Crippen molar-refractivity contribution in [2.45, 2.75) is 0 Å². The number of carboxylic acids is 1. The van der Waals surface area contributed by atoms with E-state index in [1.807, 2.05) is 0 Å². The van der Waals surface area contributed by atoms with E-state index in [9.17, 15) is 13.6 Å². The summed E-state index contributed by atoms with van der Waals surface area (Å²) in [6.45, 7) is 0. The maximum absolute atomic E-state index is 13.0. The summed E-state index contributed by atoms with van der Waals surface area (Å²) in [5, 5.41) is 8.84. The Labute approximate surface area is 107 Å². The Bertz CT molecular complexity index is 624. The lowest BCUT2D eigenvalue weighted by molar-refractivity contribution is 0.0696. The first-order valence-electron chi connectivity index (χ1n) is 5.22. The van der Waals surface area contributed by atoms with E-state index < -0.39 is 17.6 Å². The number of carbonyl (C=O) groups is 1. The Hall–Kier alpha value is -2.63. The molecule has 0 amide bonds. The minimum atomic E-state index is -1.16. The predicted octanol–water partition coefficient (Wildman–Crippen LogP) is 3.04. The first-order chi connectivity index (χ1) is 8.95. The number of hydrogen-bond acceptors (Lipinski definition) is 3. The molecular formula is C13H9F2NO3. The van der Waals surface area contributed by atoms with Gasteiger partial charge in [-0.05, 0) is 18.2 Å². The highest BCUT2D eigenvalue weighted by molar-refractivity contribution is 5.89. The molecule has 0 bridgehead atoms. The molecule has 0 saturated heterocycles. The number of carboxylic acid groups (broad SMARTS) is 1. The molecule has 0 fully saturated rings. The van der Waals surface area contributed by atoms with E-state index >= 15 is 0 Å². The fraction of sp³-hybridized carbons (Fsp3) is 0. The third-order valence-electron chi connectivity index (χ3n) is 2.32. The van der Waals surface area contributed by atoms with Crippen molar-refractivity contribution < 1.29 is 23.4 Å². The molecular weight excluding hydrogens is 256 g/mol. The molecule has 6 heteroatoms. The number of benzene rings is 2. The minimum absolute atomic E-state index is 0.0184. The lowest BCUT2D eigenvalue weighted by Crippen LogP contribution is -1.99. The van der Waals surface area contributed by atoms with Gasteiger partial charge in [0, 0.05) is 18.2 Å². The molecule has 2 aromatic rings. The van der Waals surface area contributed by atoms with Crippen molar-refractivity contribution in [3.63, 3.8) is 0 Å². The van der Waals surface area contributed by atoms with Gasteiger partial charge in [0.2, 0.25) is 0 Å². The number of aromatic carboxylic acids is 1. The van der Waals surface area contributed by atoms with Crippen LogP contribution in [-0.4, -0.2) is 11.1 Å². The van der Waals surface area contributed by atoms with Gasteiger partial charge in [-0.2, -0.15) is 0 Å². The lowest BCUT2D eigenvalue weighted by atomic mass is 10.2. The summed E-state index contributed by atoms with van der Waals surface area (Å²) in [4.78, 5) is 10.8. The molecule has 3 N–H and O–H groups in total. The Morgan fingerprint density at radius 1 is 1.11 bits per heavy atom. The van der Waals surface area contributed by atoms with Crippen molar-refractivity contribution in [1.29, 1.82) is 0 Å². The van der Waals surface area contributed by atoms with Crippen molar-refractivity contribution in [2.75, 3.05) is 5.73 Å². The SMILES string of the molecule is Nc1ccc(C(=O)O)cc1Oc1cc(F)cc(F)c1. The monoisotopic (exact) mass is 265 g/mol. The second kappa shape index (κ2) is 4.93. The molecule has 0 aromatic heterocycles. The Kier molecular flexibility index (Phi) is 3.33. The van der Waals surface area contributed by atoms with Crippen LogP contribution in [0.1, 0.15) is 10.4 Å². The number of nitrogens with two attached hydrogens (primary N) is 1. The molecule has 0 aliphatic rings. The second-order valence-corrected chi connectivity index (χ2v) is 3.76. The third-order valence-corrected chi connectivity index (χ3v) is 2.32. The van der Waals surface area contributed by atoms with Gasteiger partial charge in [0.05, 0.1) is 11.3 Å². The number of nitrogen functional groups attached to an aromatic ring is 1. The van der Waals surface area contributed by atoms with Gasteiger partial charge < -0.3 is 15.6 Å². The fourth-order valence-electron chi connectivity index (χ4n) is 1.47. The van der Waals surface area contributed by atoms with Gasteiger partial charge in [0.25, 0.3) is 0 Å². The summed E-state index contributed by atoms with van der Waals surface area (Å²) < 4.78 is 31.2. The van der Waals surface area contributed by atoms with Crippen molar-refractivity contribution in [3.05, 3.63) is 53.6 Å². The Morgan fingerprint density at radius 2 is 1.74 bits per heavy atom. The molecule has 0 unspecified atom stereocenters. The zero-order chi connectivity index (χ0) is 14.0. The van der Waals surface area contributed by atoms with Crippen molar-refractivity contribution >= 4 is 11.7 Å². The Balaban J connectivity index is 2.37. The van der Waals surface area contributed by atoms with Crippen LogP contribution in [0.4, 0.5) is 14.5 Å². The maximum atomic E-state index is 13.0. The predicted molar refractivity (Wildman–Crippen MR) is 64.2 cm³/mol. The highest BCUT2D eigenvalue weighted by atomic mass is 19.1. The molecule has 0 saturated carbocycles. The van der Waals surface area contributed by atoms with Crippen molar-refractivity contribution in [1.82, 2.24) is 0 Å². The molecule has 0 aliphatic heterocycles. The molecule has 4 nitrogen and oxygen atoms in total. The number of halogens is 2. The first kappa shape index (κ1) is 12.8. The van der Waals surface area contributed by atoms with E-state index in [1.165, 1.54) is 18.2 Å². The molecule has 0 radical (unpaired) electrons. The number of ether oxygens (including phenoxy) is 1. The normalized spacial score (nSPS) is 10.2. The van der Waals surface area contributed by atoms with Crippen LogP contribution in [0.2, 0.25) is 0 Å². The molecule has 2 aromatic carbocycles. The van der Waals surface area contributed by atoms with E-state index in [-0.39, 0.29) is 22.7 Å². The van der Waals surface area contributed by atoms with Crippen LogP contribution in [0.15, 0.2) is 36.4 Å². The number of hydrogen-bond donors (Lipinski definition) is 2.